The summed E-state index contributed by atoms with van der Waals surface area (Å²) < 4.78 is 2.64. The third-order valence-corrected chi connectivity index (χ3v) is 9.79. The number of nitrogens with zero attached hydrogens (tertiary/aromatic N) is 3. The molecule has 0 amide bonds. The van der Waals surface area contributed by atoms with E-state index in [0.717, 1.165) is 44.9 Å². The summed E-state index contributed by atoms with van der Waals surface area (Å²) in [6.07, 6.45) is 3.63. The number of pyridine rings is 3. The van der Waals surface area contributed by atoms with Crippen molar-refractivity contribution in [3.8, 4) is 44.9 Å². The van der Waals surface area contributed by atoms with Crippen LogP contribution < -0.4 is 0 Å². The number of thiophene rings is 1. The van der Waals surface area contributed by atoms with Gasteiger partial charge >= 0.3 is 0 Å². The molecule has 0 aliphatic carbocycles. The van der Waals surface area contributed by atoms with Crippen molar-refractivity contribution in [3.63, 3.8) is 0 Å². The van der Waals surface area contributed by atoms with Crippen LogP contribution in [-0.4, -0.2) is 15.0 Å². The molecule has 0 saturated heterocycles. The zero-order valence-electron chi connectivity index (χ0n) is 24.2. The van der Waals surface area contributed by atoms with Crippen molar-refractivity contribution in [2.45, 2.75) is 0 Å². The Balaban J connectivity index is 1.10. The number of benzene rings is 5. The summed E-state index contributed by atoms with van der Waals surface area (Å²) in [6.45, 7) is 0. The van der Waals surface area contributed by atoms with Crippen molar-refractivity contribution in [3.05, 3.63) is 152 Å². The maximum atomic E-state index is 5.20. The van der Waals surface area contributed by atoms with E-state index in [2.05, 4.69) is 120 Å². The fraction of sp³-hybridized carbons (Fsp3) is 0. The van der Waals surface area contributed by atoms with Gasteiger partial charge in [0, 0.05) is 65.4 Å². The van der Waals surface area contributed by atoms with Crippen molar-refractivity contribution in [2.75, 3.05) is 0 Å². The molecule has 3 nitrogen and oxygen atoms in total. The molecule has 0 saturated carbocycles. The van der Waals surface area contributed by atoms with Crippen LogP contribution in [0.1, 0.15) is 0 Å². The molecule has 0 aliphatic heterocycles. The number of fused-ring (bicyclic) bond motifs is 7. The van der Waals surface area contributed by atoms with E-state index < -0.39 is 0 Å². The summed E-state index contributed by atoms with van der Waals surface area (Å²) in [5.74, 6) is 0. The highest BCUT2D eigenvalue weighted by Gasteiger charge is 2.16. The Kier molecular flexibility index (Phi) is 6.00. The molecule has 45 heavy (non-hydrogen) atoms. The van der Waals surface area contributed by atoms with E-state index in [1.54, 1.807) is 6.20 Å². The average molecular weight is 592 g/mol. The second-order valence-electron chi connectivity index (χ2n) is 11.2. The molecule has 0 spiro atoms. The largest absolute Gasteiger partial charge is 0.264 e. The molecule has 0 radical (unpaired) electrons. The van der Waals surface area contributed by atoms with Crippen molar-refractivity contribution >= 4 is 53.2 Å². The first kappa shape index (κ1) is 25.8. The minimum atomic E-state index is 0.920. The van der Waals surface area contributed by atoms with Gasteiger partial charge in [0.05, 0.1) is 22.6 Å². The SMILES string of the molecule is c1cncc(-c2cccc(-c3ccc(-c4ccc(-c5nc6ccccc6c6c5ccc5c7ccccc7sc56)cc4)cc3)n2)c1. The van der Waals surface area contributed by atoms with Crippen LogP contribution >= 0.6 is 11.3 Å². The van der Waals surface area contributed by atoms with Gasteiger partial charge in [0.2, 0.25) is 0 Å². The van der Waals surface area contributed by atoms with Crippen molar-refractivity contribution in [1.82, 2.24) is 15.0 Å². The van der Waals surface area contributed by atoms with Gasteiger partial charge in [0.15, 0.2) is 0 Å². The topological polar surface area (TPSA) is 38.7 Å². The molecule has 4 heterocycles. The quantitative estimate of drug-likeness (QED) is 0.191. The van der Waals surface area contributed by atoms with Crippen LogP contribution in [0.15, 0.2) is 152 Å². The molecule has 0 N–H and O–H groups in total. The smallest absolute Gasteiger partial charge is 0.0788 e. The Labute approximate surface area is 264 Å². The monoisotopic (exact) mass is 591 g/mol. The molecule has 0 fully saturated rings. The van der Waals surface area contributed by atoms with Crippen LogP contribution in [0.2, 0.25) is 0 Å². The Morgan fingerprint density at radius 1 is 0.422 bits per heavy atom. The second kappa shape index (κ2) is 10.5. The lowest BCUT2D eigenvalue weighted by Gasteiger charge is -2.12. The van der Waals surface area contributed by atoms with Crippen LogP contribution in [0.25, 0.3) is 86.7 Å². The molecule has 4 aromatic heterocycles. The summed E-state index contributed by atoms with van der Waals surface area (Å²) in [4.78, 5) is 14.3. The van der Waals surface area contributed by atoms with Crippen molar-refractivity contribution in [2.24, 2.45) is 0 Å². The third-order valence-electron chi connectivity index (χ3n) is 8.59. The molecule has 0 atom stereocenters. The van der Waals surface area contributed by atoms with Gasteiger partial charge in [-0.2, -0.15) is 0 Å². The summed E-state index contributed by atoms with van der Waals surface area (Å²) in [7, 11) is 0. The first-order valence-corrected chi connectivity index (χ1v) is 15.8. The van der Waals surface area contributed by atoms with Gasteiger partial charge in [-0.15, -0.1) is 11.3 Å². The van der Waals surface area contributed by atoms with Gasteiger partial charge in [-0.3, -0.25) is 4.98 Å². The number of hydrogen-bond acceptors (Lipinski definition) is 4. The summed E-state index contributed by atoms with van der Waals surface area (Å²) in [5, 5.41) is 6.30. The minimum Gasteiger partial charge on any atom is -0.264 e. The highest BCUT2D eigenvalue weighted by Crippen LogP contribution is 2.43. The maximum absolute atomic E-state index is 5.20. The predicted molar refractivity (Wildman–Crippen MR) is 189 cm³/mol. The summed E-state index contributed by atoms with van der Waals surface area (Å²) in [6, 6.07) is 49.3. The first-order valence-electron chi connectivity index (χ1n) is 15.0. The molecule has 0 unspecified atom stereocenters. The molecular formula is C41H25N3S. The van der Waals surface area contributed by atoms with Crippen LogP contribution in [0.5, 0.6) is 0 Å². The number of para-hydroxylation sites is 1. The van der Waals surface area contributed by atoms with E-state index >= 15 is 0 Å². The van der Waals surface area contributed by atoms with E-state index in [9.17, 15) is 0 Å². The van der Waals surface area contributed by atoms with E-state index in [1.165, 1.54) is 41.9 Å². The molecule has 0 aliphatic rings. The zero-order chi connectivity index (χ0) is 29.7. The zero-order valence-corrected chi connectivity index (χ0v) is 25.0. The average Bonchev–Trinajstić information content (AvgIpc) is 3.51. The van der Waals surface area contributed by atoms with Gasteiger partial charge in [0.1, 0.15) is 0 Å². The van der Waals surface area contributed by atoms with Crippen molar-refractivity contribution < 1.29 is 0 Å². The number of hydrogen-bond donors (Lipinski definition) is 0. The van der Waals surface area contributed by atoms with Gasteiger partial charge in [-0.1, -0.05) is 103 Å². The Morgan fingerprint density at radius 2 is 1.09 bits per heavy atom. The summed E-state index contributed by atoms with van der Waals surface area (Å²) in [5.41, 5.74) is 9.44. The van der Waals surface area contributed by atoms with Crippen LogP contribution in [0.3, 0.4) is 0 Å². The maximum Gasteiger partial charge on any atom is 0.0788 e. The number of aromatic nitrogens is 3. The van der Waals surface area contributed by atoms with Crippen LogP contribution in [0, 0.1) is 0 Å². The third kappa shape index (κ3) is 4.38. The van der Waals surface area contributed by atoms with E-state index in [1.807, 2.05) is 41.8 Å². The molecule has 5 aromatic carbocycles. The standard InChI is InChI=1S/C41H25N3S/c1-3-10-37-33(9-1)39-34(23-22-32-31-8-2-4-13-38(31)45-41(32)39)40(44-37)29-20-16-27(17-21-29)26-14-18-28(19-15-26)35-11-5-12-36(43-35)30-7-6-24-42-25-30/h1-25H. The Bertz CT molecular complexity index is 2520. The fourth-order valence-electron chi connectivity index (χ4n) is 6.36. The van der Waals surface area contributed by atoms with E-state index in [4.69, 9.17) is 9.97 Å². The molecule has 210 valence electrons. The molecule has 9 rings (SSSR count). The minimum absolute atomic E-state index is 0.920. The van der Waals surface area contributed by atoms with Crippen molar-refractivity contribution in [1.29, 1.82) is 0 Å². The lowest BCUT2D eigenvalue weighted by Crippen LogP contribution is -1.90. The fourth-order valence-corrected chi connectivity index (χ4v) is 7.63. The molecule has 9 aromatic rings. The second-order valence-corrected chi connectivity index (χ2v) is 12.3. The van der Waals surface area contributed by atoms with Gasteiger partial charge < -0.3 is 0 Å². The van der Waals surface area contributed by atoms with Gasteiger partial charge in [-0.25, -0.2) is 9.97 Å². The van der Waals surface area contributed by atoms with E-state index in [-0.39, 0.29) is 0 Å². The normalized spacial score (nSPS) is 11.6. The van der Waals surface area contributed by atoms with Crippen LogP contribution in [0.4, 0.5) is 0 Å². The predicted octanol–water partition coefficient (Wildman–Crippen LogP) is 11.2. The molecule has 0 bridgehead atoms. The highest BCUT2D eigenvalue weighted by atomic mass is 32.1. The lowest BCUT2D eigenvalue weighted by atomic mass is 9.96. The summed E-state index contributed by atoms with van der Waals surface area (Å²) >= 11 is 1.87. The van der Waals surface area contributed by atoms with Gasteiger partial charge in [-0.05, 0) is 47.5 Å². The molecular weight excluding hydrogens is 567 g/mol. The van der Waals surface area contributed by atoms with Gasteiger partial charge in [0.25, 0.3) is 0 Å². The molecule has 4 heteroatoms. The Hall–Kier alpha value is -5.71. The number of rotatable bonds is 4. The van der Waals surface area contributed by atoms with E-state index in [0.29, 0.717) is 0 Å². The Morgan fingerprint density at radius 3 is 1.87 bits per heavy atom. The first-order chi connectivity index (χ1) is 22.3. The van der Waals surface area contributed by atoms with Crippen LogP contribution in [-0.2, 0) is 0 Å². The lowest BCUT2D eigenvalue weighted by molar-refractivity contribution is 1.28. The highest BCUT2D eigenvalue weighted by molar-refractivity contribution is 7.26.